The molecule has 0 bridgehead atoms. The van der Waals surface area contributed by atoms with E-state index in [-0.39, 0.29) is 11.4 Å². The SMILES string of the molecule is CN1C(=O)N(CC2CCCN2)CC1C(C)(C)C. The third-order valence-electron chi connectivity index (χ3n) is 4.04. The summed E-state index contributed by atoms with van der Waals surface area (Å²) in [7, 11) is 1.93. The highest BCUT2D eigenvalue weighted by Crippen LogP contribution is 2.29. The van der Waals surface area contributed by atoms with Gasteiger partial charge in [-0.3, -0.25) is 0 Å². The van der Waals surface area contributed by atoms with Crippen molar-refractivity contribution in [1.29, 1.82) is 0 Å². The van der Waals surface area contributed by atoms with E-state index in [1.165, 1.54) is 12.8 Å². The molecule has 17 heavy (non-hydrogen) atoms. The van der Waals surface area contributed by atoms with Gasteiger partial charge < -0.3 is 15.1 Å². The molecular formula is C13H25N3O. The summed E-state index contributed by atoms with van der Waals surface area (Å²) in [6, 6.07) is 1.03. The predicted molar refractivity (Wildman–Crippen MR) is 69.0 cm³/mol. The maximum Gasteiger partial charge on any atom is 0.320 e. The van der Waals surface area contributed by atoms with E-state index >= 15 is 0 Å². The Morgan fingerprint density at radius 2 is 2.12 bits per heavy atom. The van der Waals surface area contributed by atoms with Gasteiger partial charge >= 0.3 is 6.03 Å². The average molecular weight is 239 g/mol. The second kappa shape index (κ2) is 4.48. The summed E-state index contributed by atoms with van der Waals surface area (Å²) in [6.07, 6.45) is 2.44. The van der Waals surface area contributed by atoms with E-state index in [2.05, 4.69) is 26.1 Å². The maximum absolute atomic E-state index is 12.2. The second-order valence-electron chi connectivity index (χ2n) is 6.47. The van der Waals surface area contributed by atoms with Gasteiger partial charge in [0.25, 0.3) is 0 Å². The summed E-state index contributed by atoms with van der Waals surface area (Å²) in [4.78, 5) is 16.1. The number of nitrogens with one attached hydrogen (secondary N) is 1. The number of rotatable bonds is 2. The van der Waals surface area contributed by atoms with Gasteiger partial charge in [0, 0.05) is 26.2 Å². The summed E-state index contributed by atoms with van der Waals surface area (Å²) in [5.74, 6) is 0. The zero-order chi connectivity index (χ0) is 12.6. The molecule has 4 nitrogen and oxygen atoms in total. The van der Waals surface area contributed by atoms with Crippen molar-refractivity contribution in [2.24, 2.45) is 5.41 Å². The van der Waals surface area contributed by atoms with Crippen molar-refractivity contribution in [2.75, 3.05) is 26.7 Å². The highest BCUT2D eigenvalue weighted by molar-refractivity contribution is 5.77. The van der Waals surface area contributed by atoms with Crippen molar-refractivity contribution in [3.63, 3.8) is 0 Å². The molecule has 2 aliphatic rings. The number of amides is 2. The Morgan fingerprint density at radius 1 is 1.41 bits per heavy atom. The van der Waals surface area contributed by atoms with E-state index in [1.807, 2.05) is 16.8 Å². The summed E-state index contributed by atoms with van der Waals surface area (Å²) in [5.41, 5.74) is 0.155. The van der Waals surface area contributed by atoms with Crippen molar-refractivity contribution < 1.29 is 4.79 Å². The van der Waals surface area contributed by atoms with E-state index in [0.29, 0.717) is 12.1 Å². The fraction of sp³-hybridized carbons (Fsp3) is 0.923. The molecule has 0 aromatic heterocycles. The minimum atomic E-state index is 0.155. The van der Waals surface area contributed by atoms with Gasteiger partial charge in [-0.15, -0.1) is 0 Å². The van der Waals surface area contributed by atoms with Gasteiger partial charge in [0.15, 0.2) is 0 Å². The number of likely N-dealkylation sites (N-methyl/N-ethyl adjacent to an activating group) is 1. The highest BCUT2D eigenvalue weighted by atomic mass is 16.2. The van der Waals surface area contributed by atoms with Crippen LogP contribution in [0.2, 0.25) is 0 Å². The summed E-state index contributed by atoms with van der Waals surface area (Å²) in [6.45, 7) is 9.47. The van der Waals surface area contributed by atoms with Crippen LogP contribution in [0.15, 0.2) is 0 Å². The average Bonchev–Trinajstić information content (AvgIpc) is 2.81. The van der Waals surface area contributed by atoms with Gasteiger partial charge in [0.2, 0.25) is 0 Å². The van der Waals surface area contributed by atoms with Gasteiger partial charge in [-0.05, 0) is 24.8 Å². The van der Waals surface area contributed by atoms with Crippen molar-refractivity contribution in [3.05, 3.63) is 0 Å². The lowest BCUT2D eigenvalue weighted by molar-refractivity contribution is 0.172. The molecule has 2 saturated heterocycles. The molecule has 0 saturated carbocycles. The van der Waals surface area contributed by atoms with E-state index in [0.717, 1.165) is 19.6 Å². The van der Waals surface area contributed by atoms with Crippen LogP contribution >= 0.6 is 0 Å². The Labute approximate surface area is 104 Å². The van der Waals surface area contributed by atoms with Crippen molar-refractivity contribution >= 4 is 6.03 Å². The normalized spacial score (nSPS) is 30.5. The molecule has 0 aromatic rings. The lowest BCUT2D eigenvalue weighted by atomic mass is 9.86. The van der Waals surface area contributed by atoms with Gasteiger partial charge in [-0.1, -0.05) is 20.8 Å². The maximum atomic E-state index is 12.2. The molecule has 0 spiro atoms. The fourth-order valence-electron chi connectivity index (χ4n) is 2.95. The van der Waals surface area contributed by atoms with E-state index in [1.54, 1.807) is 0 Å². The van der Waals surface area contributed by atoms with Crippen molar-refractivity contribution in [1.82, 2.24) is 15.1 Å². The van der Waals surface area contributed by atoms with Gasteiger partial charge in [0.1, 0.15) is 0 Å². The molecule has 4 heteroatoms. The number of nitrogens with zero attached hydrogens (tertiary/aromatic N) is 2. The molecule has 0 aliphatic carbocycles. The smallest absolute Gasteiger partial charge is 0.320 e. The third kappa shape index (κ3) is 2.57. The molecule has 0 aromatic carbocycles. The van der Waals surface area contributed by atoms with Crippen LogP contribution in [-0.4, -0.2) is 54.6 Å². The molecule has 2 fully saturated rings. The van der Waals surface area contributed by atoms with Crippen molar-refractivity contribution in [2.45, 2.75) is 45.7 Å². The minimum absolute atomic E-state index is 0.155. The second-order valence-corrected chi connectivity index (χ2v) is 6.47. The van der Waals surface area contributed by atoms with Crippen LogP contribution in [0.4, 0.5) is 4.79 Å². The molecule has 2 amide bonds. The lowest BCUT2D eigenvalue weighted by Crippen LogP contribution is -2.39. The van der Waals surface area contributed by atoms with E-state index in [4.69, 9.17) is 0 Å². The minimum Gasteiger partial charge on any atom is -0.322 e. The zero-order valence-electron chi connectivity index (χ0n) is 11.5. The first kappa shape index (κ1) is 12.7. The summed E-state index contributed by atoms with van der Waals surface area (Å²) >= 11 is 0. The number of hydrogen-bond acceptors (Lipinski definition) is 2. The molecule has 2 atom stereocenters. The summed E-state index contributed by atoms with van der Waals surface area (Å²) < 4.78 is 0. The van der Waals surface area contributed by atoms with Crippen LogP contribution in [0.5, 0.6) is 0 Å². The Bertz CT molecular complexity index is 292. The topological polar surface area (TPSA) is 35.6 Å². The Balaban J connectivity index is 1.98. The highest BCUT2D eigenvalue weighted by Gasteiger charge is 2.41. The fourth-order valence-corrected chi connectivity index (χ4v) is 2.95. The first-order valence-electron chi connectivity index (χ1n) is 6.64. The predicted octanol–water partition coefficient (Wildman–Crippen LogP) is 1.52. The Hall–Kier alpha value is -0.770. The monoisotopic (exact) mass is 239 g/mol. The van der Waals surface area contributed by atoms with Crippen LogP contribution in [-0.2, 0) is 0 Å². The Morgan fingerprint density at radius 3 is 2.59 bits per heavy atom. The van der Waals surface area contributed by atoms with Gasteiger partial charge in [-0.2, -0.15) is 0 Å². The molecule has 1 N–H and O–H groups in total. The number of hydrogen-bond donors (Lipinski definition) is 1. The van der Waals surface area contributed by atoms with Crippen LogP contribution < -0.4 is 5.32 Å². The number of urea groups is 1. The molecular weight excluding hydrogens is 214 g/mol. The van der Waals surface area contributed by atoms with E-state index in [9.17, 15) is 4.79 Å². The van der Waals surface area contributed by atoms with Gasteiger partial charge in [-0.25, -0.2) is 4.79 Å². The van der Waals surface area contributed by atoms with Crippen LogP contribution in [0.3, 0.4) is 0 Å². The first-order valence-corrected chi connectivity index (χ1v) is 6.64. The molecule has 2 aliphatic heterocycles. The Kier molecular flexibility index (Phi) is 3.34. The van der Waals surface area contributed by atoms with Gasteiger partial charge in [0.05, 0.1) is 6.04 Å². The quantitative estimate of drug-likeness (QED) is 0.793. The third-order valence-corrected chi connectivity index (χ3v) is 4.04. The number of carbonyl (C=O) groups excluding carboxylic acids is 1. The largest absolute Gasteiger partial charge is 0.322 e. The van der Waals surface area contributed by atoms with Crippen molar-refractivity contribution in [3.8, 4) is 0 Å². The molecule has 0 radical (unpaired) electrons. The molecule has 2 heterocycles. The molecule has 2 rings (SSSR count). The van der Waals surface area contributed by atoms with Crippen LogP contribution in [0, 0.1) is 5.41 Å². The van der Waals surface area contributed by atoms with Crippen LogP contribution in [0.1, 0.15) is 33.6 Å². The standard InChI is InChI=1S/C13H25N3O/c1-13(2,3)11-9-16(12(17)15(11)4)8-10-6-5-7-14-10/h10-11,14H,5-9H2,1-4H3. The first-order chi connectivity index (χ1) is 7.89. The van der Waals surface area contributed by atoms with Crippen LogP contribution in [0.25, 0.3) is 0 Å². The molecule has 98 valence electrons. The lowest BCUT2D eigenvalue weighted by Gasteiger charge is -2.31. The molecule has 2 unspecified atom stereocenters. The number of carbonyl (C=O) groups is 1. The summed E-state index contributed by atoms with van der Waals surface area (Å²) in [5, 5.41) is 3.46. The zero-order valence-corrected chi connectivity index (χ0v) is 11.5. The van der Waals surface area contributed by atoms with E-state index < -0.39 is 0 Å².